The lowest BCUT2D eigenvalue weighted by Gasteiger charge is -2.12. The summed E-state index contributed by atoms with van der Waals surface area (Å²) in [5, 5.41) is 14.0. The normalized spacial score (nSPS) is 10.3. The maximum Gasteiger partial charge on any atom is 0.255 e. The van der Waals surface area contributed by atoms with Gasteiger partial charge in [-0.1, -0.05) is 0 Å². The van der Waals surface area contributed by atoms with E-state index in [4.69, 9.17) is 19.6 Å². The molecule has 0 heterocycles. The third-order valence-electron chi connectivity index (χ3n) is 5.46. The van der Waals surface area contributed by atoms with E-state index in [1.54, 1.807) is 74.9 Å². The van der Waals surface area contributed by atoms with Crippen LogP contribution in [0.3, 0.4) is 0 Å². The quantitative estimate of drug-likeness (QED) is 0.247. The first-order valence-corrected chi connectivity index (χ1v) is 11.7. The molecule has 0 unspecified atom stereocenters. The Morgan fingerprint density at radius 3 is 2.08 bits per heavy atom. The second-order valence-corrected chi connectivity index (χ2v) is 7.90. The molecule has 3 N–H and O–H groups in total. The zero-order valence-electron chi connectivity index (χ0n) is 20.7. The molecule has 3 aromatic carbocycles. The summed E-state index contributed by atoms with van der Waals surface area (Å²) in [6.07, 6.45) is 1.13. The van der Waals surface area contributed by atoms with Gasteiger partial charge in [0.1, 0.15) is 5.75 Å². The molecular weight excluding hydrogens is 458 g/mol. The van der Waals surface area contributed by atoms with Gasteiger partial charge in [-0.05, 0) is 92.1 Å². The Kier molecular flexibility index (Phi) is 9.45. The van der Waals surface area contributed by atoms with Crippen molar-refractivity contribution in [2.75, 3.05) is 32.7 Å². The zero-order chi connectivity index (χ0) is 25.9. The smallest absolute Gasteiger partial charge is 0.255 e. The van der Waals surface area contributed by atoms with Gasteiger partial charge < -0.3 is 30.3 Å². The summed E-state index contributed by atoms with van der Waals surface area (Å²) >= 11 is 0. The largest absolute Gasteiger partial charge is 0.497 e. The Morgan fingerprint density at radius 1 is 0.806 bits per heavy atom. The molecule has 0 saturated carbocycles. The van der Waals surface area contributed by atoms with Gasteiger partial charge in [-0.25, -0.2) is 0 Å². The van der Waals surface area contributed by atoms with Gasteiger partial charge in [0.25, 0.3) is 11.8 Å². The van der Waals surface area contributed by atoms with Gasteiger partial charge in [0, 0.05) is 29.1 Å². The minimum atomic E-state index is -0.248. The van der Waals surface area contributed by atoms with Crippen molar-refractivity contribution in [3.8, 4) is 17.2 Å². The average molecular weight is 490 g/mol. The first kappa shape index (κ1) is 26.3. The molecule has 8 heteroatoms. The SMILES string of the molecule is CCOc1cc(C(=N)CCCNC(=O)c2ccc(NC(=O)c3ccc(OC)cc3)cc2)ccc1OC. The lowest BCUT2D eigenvalue weighted by atomic mass is 10.0. The molecular formula is C28H31N3O5. The Balaban J connectivity index is 1.45. The van der Waals surface area contributed by atoms with Crippen LogP contribution in [-0.4, -0.2) is 44.9 Å². The molecule has 0 aliphatic carbocycles. The van der Waals surface area contributed by atoms with Crippen LogP contribution in [0.25, 0.3) is 0 Å². The van der Waals surface area contributed by atoms with E-state index in [1.165, 1.54) is 0 Å². The number of carbonyl (C=O) groups excluding carboxylic acids is 2. The first-order chi connectivity index (χ1) is 17.4. The highest BCUT2D eigenvalue weighted by molar-refractivity contribution is 6.04. The van der Waals surface area contributed by atoms with Crippen molar-refractivity contribution in [2.24, 2.45) is 0 Å². The summed E-state index contributed by atoms with van der Waals surface area (Å²) in [6, 6.07) is 18.9. The maximum absolute atomic E-state index is 12.5. The Labute approximate surface area is 211 Å². The Morgan fingerprint density at radius 2 is 1.44 bits per heavy atom. The van der Waals surface area contributed by atoms with Crippen LogP contribution in [0.4, 0.5) is 5.69 Å². The molecule has 0 fully saturated rings. The van der Waals surface area contributed by atoms with E-state index in [9.17, 15) is 9.59 Å². The topological polar surface area (TPSA) is 110 Å². The summed E-state index contributed by atoms with van der Waals surface area (Å²) in [7, 11) is 3.15. The van der Waals surface area contributed by atoms with Crippen LogP contribution in [0.1, 0.15) is 46.0 Å². The van der Waals surface area contributed by atoms with E-state index in [0.29, 0.717) is 65.8 Å². The van der Waals surface area contributed by atoms with Crippen molar-refractivity contribution < 1.29 is 23.8 Å². The van der Waals surface area contributed by atoms with Crippen LogP contribution < -0.4 is 24.8 Å². The van der Waals surface area contributed by atoms with Crippen LogP contribution in [0, 0.1) is 5.41 Å². The predicted octanol–water partition coefficient (Wildman–Crippen LogP) is 4.93. The second-order valence-electron chi connectivity index (χ2n) is 7.90. The van der Waals surface area contributed by atoms with E-state index in [-0.39, 0.29) is 11.8 Å². The summed E-state index contributed by atoms with van der Waals surface area (Å²) in [5.74, 6) is 1.46. The molecule has 188 valence electrons. The van der Waals surface area contributed by atoms with Crippen molar-refractivity contribution >= 4 is 23.2 Å². The predicted molar refractivity (Wildman–Crippen MR) is 140 cm³/mol. The number of ether oxygens (including phenoxy) is 3. The first-order valence-electron chi connectivity index (χ1n) is 11.7. The highest BCUT2D eigenvalue weighted by Crippen LogP contribution is 2.28. The van der Waals surface area contributed by atoms with Crippen LogP contribution >= 0.6 is 0 Å². The Bertz CT molecular complexity index is 1190. The monoisotopic (exact) mass is 489 g/mol. The van der Waals surface area contributed by atoms with E-state index in [1.807, 2.05) is 13.0 Å². The molecule has 0 aliphatic rings. The third-order valence-corrected chi connectivity index (χ3v) is 5.46. The molecule has 36 heavy (non-hydrogen) atoms. The van der Waals surface area contributed by atoms with Crippen LogP contribution in [0.15, 0.2) is 66.7 Å². The number of methoxy groups -OCH3 is 2. The van der Waals surface area contributed by atoms with Gasteiger partial charge >= 0.3 is 0 Å². The number of anilines is 1. The lowest BCUT2D eigenvalue weighted by Crippen LogP contribution is -2.24. The standard InChI is InChI=1S/C28H31N3O5/c1-4-36-26-18-21(11-16-25(26)35-3)24(29)6-5-17-30-27(32)19-7-12-22(13-8-19)31-28(33)20-9-14-23(34-2)15-10-20/h7-16,18,29H,4-6,17H2,1-3H3,(H,30,32)(H,31,33). The fourth-order valence-corrected chi connectivity index (χ4v) is 3.50. The number of nitrogens with one attached hydrogen (secondary N) is 3. The third kappa shape index (κ3) is 7.09. The molecule has 0 aliphatic heterocycles. The van der Waals surface area contributed by atoms with Crippen molar-refractivity contribution in [3.05, 3.63) is 83.4 Å². The maximum atomic E-state index is 12.5. The van der Waals surface area contributed by atoms with Gasteiger partial charge in [-0.2, -0.15) is 0 Å². The van der Waals surface area contributed by atoms with Crippen LogP contribution in [0.2, 0.25) is 0 Å². The lowest BCUT2D eigenvalue weighted by molar-refractivity contribution is 0.0952. The number of carbonyl (C=O) groups is 2. The molecule has 0 spiro atoms. The molecule has 0 radical (unpaired) electrons. The molecule has 0 atom stereocenters. The second kappa shape index (κ2) is 12.9. The highest BCUT2D eigenvalue weighted by Gasteiger charge is 2.11. The molecule has 0 aromatic heterocycles. The van der Waals surface area contributed by atoms with Crippen LogP contribution in [-0.2, 0) is 0 Å². The van der Waals surface area contributed by atoms with Crippen molar-refractivity contribution in [1.29, 1.82) is 5.41 Å². The van der Waals surface area contributed by atoms with E-state index in [2.05, 4.69) is 10.6 Å². The summed E-state index contributed by atoms with van der Waals surface area (Å²) in [5.41, 5.74) is 2.81. The van der Waals surface area contributed by atoms with E-state index in [0.717, 1.165) is 5.56 Å². The molecule has 3 rings (SSSR count). The van der Waals surface area contributed by atoms with Crippen LogP contribution in [0.5, 0.6) is 17.2 Å². The average Bonchev–Trinajstić information content (AvgIpc) is 2.91. The molecule has 3 aromatic rings. The van der Waals surface area contributed by atoms with Gasteiger partial charge in [-0.3, -0.25) is 9.59 Å². The minimum Gasteiger partial charge on any atom is -0.497 e. The van der Waals surface area contributed by atoms with E-state index < -0.39 is 0 Å². The number of hydrogen-bond donors (Lipinski definition) is 3. The summed E-state index contributed by atoms with van der Waals surface area (Å²) in [4.78, 5) is 24.9. The highest BCUT2D eigenvalue weighted by atomic mass is 16.5. The zero-order valence-corrected chi connectivity index (χ0v) is 20.7. The fourth-order valence-electron chi connectivity index (χ4n) is 3.50. The van der Waals surface area contributed by atoms with Gasteiger partial charge in [-0.15, -0.1) is 0 Å². The Hall–Kier alpha value is -4.33. The van der Waals surface area contributed by atoms with E-state index >= 15 is 0 Å². The van der Waals surface area contributed by atoms with Gasteiger partial charge in [0.15, 0.2) is 11.5 Å². The van der Waals surface area contributed by atoms with Crippen molar-refractivity contribution in [3.63, 3.8) is 0 Å². The molecule has 0 saturated heterocycles. The summed E-state index contributed by atoms with van der Waals surface area (Å²) < 4.78 is 16.0. The number of hydrogen-bond acceptors (Lipinski definition) is 6. The van der Waals surface area contributed by atoms with Gasteiger partial charge in [0.05, 0.1) is 20.8 Å². The number of benzene rings is 3. The molecule has 8 nitrogen and oxygen atoms in total. The van der Waals surface area contributed by atoms with Gasteiger partial charge in [0.2, 0.25) is 0 Å². The number of amides is 2. The molecule has 0 bridgehead atoms. The summed E-state index contributed by atoms with van der Waals surface area (Å²) in [6.45, 7) is 2.84. The fraction of sp³-hybridized carbons (Fsp3) is 0.250. The van der Waals surface area contributed by atoms with Crippen molar-refractivity contribution in [1.82, 2.24) is 5.32 Å². The molecule has 2 amide bonds. The number of rotatable bonds is 12. The van der Waals surface area contributed by atoms with Crippen molar-refractivity contribution in [2.45, 2.75) is 19.8 Å². The minimum absolute atomic E-state index is 0.211.